The topological polar surface area (TPSA) is 136 Å². The molecule has 3 N–H and O–H groups in total. The number of ether oxygens (including phenoxy) is 2. The molecular formula is C22H23N3O7. The minimum Gasteiger partial charge on any atom is -0.467 e. The summed E-state index contributed by atoms with van der Waals surface area (Å²) in [5.74, 6) is -1.56. The van der Waals surface area contributed by atoms with Crippen LogP contribution in [0.1, 0.15) is 36.0 Å². The van der Waals surface area contributed by atoms with Gasteiger partial charge >= 0.3 is 18.0 Å². The van der Waals surface area contributed by atoms with Crippen molar-refractivity contribution in [3.8, 4) is 0 Å². The zero-order chi connectivity index (χ0) is 23.1. The number of carbonyl (C=O) groups excluding carboxylic acids is 4. The highest BCUT2D eigenvalue weighted by Crippen LogP contribution is 2.28. The van der Waals surface area contributed by atoms with E-state index in [1.807, 2.05) is 0 Å². The zero-order valence-electron chi connectivity index (χ0n) is 17.5. The highest BCUT2D eigenvalue weighted by molar-refractivity contribution is 5.97. The van der Waals surface area contributed by atoms with Gasteiger partial charge in [0, 0.05) is 5.56 Å². The number of amides is 3. The largest absolute Gasteiger partial charge is 0.467 e. The molecule has 1 aliphatic heterocycles. The molecule has 0 fully saturated rings. The molecule has 2 aromatic rings. The van der Waals surface area contributed by atoms with Crippen molar-refractivity contribution in [1.82, 2.24) is 16.0 Å². The third kappa shape index (κ3) is 5.34. The Morgan fingerprint density at radius 1 is 1.12 bits per heavy atom. The second kappa shape index (κ2) is 10.3. The van der Waals surface area contributed by atoms with Gasteiger partial charge < -0.3 is 29.8 Å². The molecule has 0 radical (unpaired) electrons. The number of nitrogens with one attached hydrogen (secondary N) is 3. The van der Waals surface area contributed by atoms with Crippen LogP contribution in [0.25, 0.3) is 0 Å². The van der Waals surface area contributed by atoms with Crippen LogP contribution in [-0.4, -0.2) is 43.1 Å². The van der Waals surface area contributed by atoms with Crippen LogP contribution in [0.3, 0.4) is 0 Å². The summed E-state index contributed by atoms with van der Waals surface area (Å²) in [7, 11) is 0. The smallest absolute Gasteiger partial charge is 0.338 e. The third-order valence-corrected chi connectivity index (χ3v) is 4.57. The van der Waals surface area contributed by atoms with Crippen LogP contribution < -0.4 is 16.0 Å². The van der Waals surface area contributed by atoms with Crippen LogP contribution >= 0.6 is 0 Å². The van der Waals surface area contributed by atoms with Gasteiger partial charge in [-0.1, -0.05) is 18.2 Å². The fourth-order valence-corrected chi connectivity index (χ4v) is 3.05. The quantitative estimate of drug-likeness (QED) is 0.532. The van der Waals surface area contributed by atoms with Crippen molar-refractivity contribution in [3.05, 3.63) is 71.3 Å². The molecule has 0 spiro atoms. The molecule has 0 saturated carbocycles. The fourth-order valence-electron chi connectivity index (χ4n) is 3.05. The van der Waals surface area contributed by atoms with Crippen molar-refractivity contribution in [2.24, 2.45) is 0 Å². The van der Waals surface area contributed by atoms with E-state index < -0.39 is 42.6 Å². The first kappa shape index (κ1) is 22.6. The zero-order valence-corrected chi connectivity index (χ0v) is 17.5. The Morgan fingerprint density at radius 3 is 2.53 bits per heavy atom. The summed E-state index contributed by atoms with van der Waals surface area (Å²) in [4.78, 5) is 49.4. The minimum absolute atomic E-state index is 0.0511. The maximum absolute atomic E-state index is 12.6. The second-order valence-corrected chi connectivity index (χ2v) is 6.83. The van der Waals surface area contributed by atoms with E-state index in [2.05, 4.69) is 16.0 Å². The predicted molar refractivity (Wildman–Crippen MR) is 111 cm³/mol. The summed E-state index contributed by atoms with van der Waals surface area (Å²) < 4.78 is 15.7. The summed E-state index contributed by atoms with van der Waals surface area (Å²) in [5, 5.41) is 7.62. The number of benzene rings is 1. The fraction of sp³-hybridized carbons (Fsp3) is 0.273. The standard InChI is InChI=1S/C22H23N3O7/c1-3-30-21(28)17-15(24-22(29)25-18(17)16-10-7-11-31-16)12-32-20(27)13(2)23-19(26)14-8-5-4-6-9-14/h4-11,13,18H,3,12H2,1-2H3,(H,23,26)(H2,24,25,29)/t13-,18?/m0/s1. The monoisotopic (exact) mass is 441 g/mol. The van der Waals surface area contributed by atoms with E-state index in [0.717, 1.165) is 0 Å². The molecule has 32 heavy (non-hydrogen) atoms. The Morgan fingerprint density at radius 2 is 1.88 bits per heavy atom. The molecule has 3 amide bonds. The average Bonchev–Trinajstić information content (AvgIpc) is 3.32. The van der Waals surface area contributed by atoms with Gasteiger partial charge in [-0.3, -0.25) is 4.79 Å². The Labute approximate surface area is 183 Å². The van der Waals surface area contributed by atoms with E-state index >= 15 is 0 Å². The van der Waals surface area contributed by atoms with E-state index in [0.29, 0.717) is 11.3 Å². The molecule has 1 aromatic carbocycles. The Kier molecular flexibility index (Phi) is 7.27. The number of furan rings is 1. The molecule has 2 heterocycles. The first-order valence-electron chi connectivity index (χ1n) is 9.94. The van der Waals surface area contributed by atoms with E-state index in [1.165, 1.54) is 13.2 Å². The molecule has 0 aliphatic carbocycles. The molecule has 0 saturated heterocycles. The molecule has 10 heteroatoms. The van der Waals surface area contributed by atoms with E-state index in [9.17, 15) is 19.2 Å². The Hall–Kier alpha value is -4.08. The van der Waals surface area contributed by atoms with Crippen molar-refractivity contribution < 1.29 is 33.1 Å². The summed E-state index contributed by atoms with van der Waals surface area (Å²) in [5.41, 5.74) is 0.505. The van der Waals surface area contributed by atoms with Crippen molar-refractivity contribution in [3.63, 3.8) is 0 Å². The highest BCUT2D eigenvalue weighted by atomic mass is 16.5. The molecule has 1 aromatic heterocycles. The van der Waals surface area contributed by atoms with Gasteiger partial charge in [0.1, 0.15) is 24.5 Å². The van der Waals surface area contributed by atoms with Crippen LogP contribution in [-0.2, 0) is 19.1 Å². The Bertz CT molecular complexity index is 1020. The van der Waals surface area contributed by atoms with Crippen molar-refractivity contribution in [2.45, 2.75) is 25.9 Å². The molecular weight excluding hydrogens is 418 g/mol. The van der Waals surface area contributed by atoms with Crippen LogP contribution in [0, 0.1) is 0 Å². The molecule has 2 atom stereocenters. The normalized spacial score (nSPS) is 16.4. The molecule has 3 rings (SSSR count). The van der Waals surface area contributed by atoms with Gasteiger partial charge in [-0.2, -0.15) is 0 Å². The maximum Gasteiger partial charge on any atom is 0.338 e. The molecule has 1 aliphatic rings. The first-order chi connectivity index (χ1) is 15.4. The molecule has 10 nitrogen and oxygen atoms in total. The van der Waals surface area contributed by atoms with Gasteiger partial charge in [-0.05, 0) is 38.1 Å². The van der Waals surface area contributed by atoms with Gasteiger partial charge in [0.05, 0.1) is 24.1 Å². The van der Waals surface area contributed by atoms with Crippen molar-refractivity contribution >= 4 is 23.9 Å². The second-order valence-electron chi connectivity index (χ2n) is 6.83. The third-order valence-electron chi connectivity index (χ3n) is 4.57. The van der Waals surface area contributed by atoms with Gasteiger partial charge in [0.15, 0.2) is 0 Å². The summed E-state index contributed by atoms with van der Waals surface area (Å²) in [6, 6.07) is 9.14. The van der Waals surface area contributed by atoms with Crippen molar-refractivity contribution in [2.75, 3.05) is 13.2 Å². The molecule has 168 valence electrons. The minimum atomic E-state index is -0.965. The Balaban J connectivity index is 1.74. The lowest BCUT2D eigenvalue weighted by molar-refractivity contribution is -0.145. The average molecular weight is 441 g/mol. The molecule has 0 bridgehead atoms. The van der Waals surface area contributed by atoms with Gasteiger partial charge in [0.2, 0.25) is 0 Å². The van der Waals surface area contributed by atoms with E-state index in [4.69, 9.17) is 13.9 Å². The van der Waals surface area contributed by atoms with Gasteiger partial charge in [0.25, 0.3) is 5.91 Å². The number of hydrogen-bond acceptors (Lipinski definition) is 7. The van der Waals surface area contributed by atoms with Crippen LogP contribution in [0.4, 0.5) is 4.79 Å². The van der Waals surface area contributed by atoms with Crippen molar-refractivity contribution in [1.29, 1.82) is 0 Å². The number of carbonyl (C=O) groups is 4. The highest BCUT2D eigenvalue weighted by Gasteiger charge is 2.36. The van der Waals surface area contributed by atoms with Gasteiger partial charge in [-0.25, -0.2) is 14.4 Å². The summed E-state index contributed by atoms with van der Waals surface area (Å²) >= 11 is 0. The number of esters is 2. The lowest BCUT2D eigenvalue weighted by Gasteiger charge is -2.27. The maximum atomic E-state index is 12.6. The summed E-state index contributed by atoms with van der Waals surface area (Å²) in [6.07, 6.45) is 1.41. The SMILES string of the molecule is CCOC(=O)C1=C(COC(=O)[C@H](C)NC(=O)c2ccccc2)NC(=O)NC1c1ccco1. The van der Waals surface area contributed by atoms with E-state index in [1.54, 1.807) is 49.4 Å². The number of urea groups is 1. The van der Waals surface area contributed by atoms with Crippen LogP contribution in [0.5, 0.6) is 0 Å². The molecule has 1 unspecified atom stereocenters. The number of hydrogen-bond donors (Lipinski definition) is 3. The van der Waals surface area contributed by atoms with Gasteiger partial charge in [-0.15, -0.1) is 0 Å². The number of rotatable bonds is 8. The first-order valence-corrected chi connectivity index (χ1v) is 9.94. The summed E-state index contributed by atoms with van der Waals surface area (Å²) in [6.45, 7) is 2.81. The van der Waals surface area contributed by atoms with E-state index in [-0.39, 0.29) is 17.9 Å². The van der Waals surface area contributed by atoms with Crippen LogP contribution in [0.15, 0.2) is 64.4 Å². The lowest BCUT2D eigenvalue weighted by Crippen LogP contribution is -2.47. The lowest BCUT2D eigenvalue weighted by atomic mass is 10.0. The van der Waals surface area contributed by atoms with Crippen LogP contribution in [0.2, 0.25) is 0 Å². The predicted octanol–water partition coefficient (Wildman–Crippen LogP) is 1.81.